The average Bonchev–Trinajstić information content (AvgIpc) is 2.41. The summed E-state index contributed by atoms with van der Waals surface area (Å²) in [4.78, 5) is 26.1. The lowest BCUT2D eigenvalue weighted by Crippen LogP contribution is -2.48. The van der Waals surface area contributed by atoms with Crippen molar-refractivity contribution in [1.29, 1.82) is 0 Å². The van der Waals surface area contributed by atoms with Crippen molar-refractivity contribution in [3.8, 4) is 0 Å². The molecule has 18 heavy (non-hydrogen) atoms. The van der Waals surface area contributed by atoms with Crippen LogP contribution < -0.4 is 0 Å². The second kappa shape index (κ2) is 5.16. The monoisotopic (exact) mass is 250 g/mol. The zero-order valence-corrected chi connectivity index (χ0v) is 10.2. The molecule has 2 amide bonds. The van der Waals surface area contributed by atoms with Gasteiger partial charge in [0.25, 0.3) is 5.91 Å². The summed E-state index contributed by atoms with van der Waals surface area (Å²) >= 11 is 0. The molecular weight excluding hydrogens is 235 g/mol. The Morgan fingerprint density at radius 3 is 2.50 bits per heavy atom. The molecule has 1 aliphatic rings. The Bertz CT molecular complexity index is 468. The fraction of sp³-hybridized carbons (Fsp3) is 0.385. The van der Waals surface area contributed by atoms with E-state index in [1.54, 1.807) is 22.8 Å². The molecule has 0 radical (unpaired) electrons. The van der Waals surface area contributed by atoms with Crippen LogP contribution in [0.1, 0.15) is 15.9 Å². The fourth-order valence-electron chi connectivity index (χ4n) is 1.99. The third-order valence-corrected chi connectivity index (χ3v) is 3.16. The molecule has 4 nitrogen and oxygen atoms in total. The zero-order chi connectivity index (χ0) is 13.1. The summed E-state index contributed by atoms with van der Waals surface area (Å²) in [5.41, 5.74) is 0.959. The van der Waals surface area contributed by atoms with Crippen LogP contribution in [-0.2, 0) is 4.79 Å². The highest BCUT2D eigenvalue weighted by molar-refractivity contribution is 5.94. The van der Waals surface area contributed by atoms with Gasteiger partial charge >= 0.3 is 0 Å². The number of nitrogens with zero attached hydrogens (tertiary/aromatic N) is 2. The van der Waals surface area contributed by atoms with Gasteiger partial charge in [0.2, 0.25) is 6.41 Å². The normalized spacial score (nSPS) is 15.7. The van der Waals surface area contributed by atoms with Crippen molar-refractivity contribution in [2.75, 3.05) is 26.2 Å². The lowest BCUT2D eigenvalue weighted by molar-refractivity contribution is -0.119. The van der Waals surface area contributed by atoms with Crippen molar-refractivity contribution in [1.82, 2.24) is 9.80 Å². The van der Waals surface area contributed by atoms with Crippen molar-refractivity contribution in [2.24, 2.45) is 0 Å². The summed E-state index contributed by atoms with van der Waals surface area (Å²) in [6.07, 6.45) is 0.795. The van der Waals surface area contributed by atoms with E-state index in [4.69, 9.17) is 0 Å². The first-order valence-electron chi connectivity index (χ1n) is 5.86. The maximum Gasteiger partial charge on any atom is 0.253 e. The average molecular weight is 250 g/mol. The molecular formula is C13H15FN2O2. The van der Waals surface area contributed by atoms with Crippen molar-refractivity contribution < 1.29 is 14.0 Å². The molecule has 0 atom stereocenters. The number of hydrogen-bond acceptors (Lipinski definition) is 2. The molecule has 96 valence electrons. The molecule has 0 aromatic heterocycles. The van der Waals surface area contributed by atoms with E-state index in [-0.39, 0.29) is 11.7 Å². The molecule has 0 unspecified atom stereocenters. The first-order chi connectivity index (χ1) is 8.61. The molecule has 0 spiro atoms. The van der Waals surface area contributed by atoms with E-state index in [1.807, 2.05) is 0 Å². The van der Waals surface area contributed by atoms with E-state index in [0.29, 0.717) is 37.3 Å². The van der Waals surface area contributed by atoms with Gasteiger partial charge in [-0.2, -0.15) is 0 Å². The third kappa shape index (κ3) is 2.50. The van der Waals surface area contributed by atoms with E-state index < -0.39 is 0 Å². The molecule has 1 fully saturated rings. The quantitative estimate of drug-likeness (QED) is 0.736. The van der Waals surface area contributed by atoms with Crippen LogP contribution in [0.25, 0.3) is 0 Å². The van der Waals surface area contributed by atoms with E-state index in [1.165, 1.54) is 12.1 Å². The molecule has 5 heteroatoms. The van der Waals surface area contributed by atoms with E-state index in [9.17, 15) is 14.0 Å². The second-order valence-corrected chi connectivity index (χ2v) is 4.40. The summed E-state index contributed by atoms with van der Waals surface area (Å²) in [6, 6.07) is 4.37. The maximum absolute atomic E-state index is 13.1. The molecule has 0 N–H and O–H groups in total. The van der Waals surface area contributed by atoms with Gasteiger partial charge in [0.15, 0.2) is 0 Å². The molecule has 1 heterocycles. The summed E-state index contributed by atoms with van der Waals surface area (Å²) < 4.78 is 13.1. The molecule has 1 saturated heterocycles. The van der Waals surface area contributed by atoms with E-state index in [0.717, 1.165) is 6.41 Å². The Morgan fingerprint density at radius 2 is 1.94 bits per heavy atom. The Balaban J connectivity index is 2.07. The first kappa shape index (κ1) is 12.5. The molecule has 0 bridgehead atoms. The summed E-state index contributed by atoms with van der Waals surface area (Å²) in [5.74, 6) is -0.416. The Labute approximate surface area is 105 Å². The van der Waals surface area contributed by atoms with Crippen LogP contribution in [-0.4, -0.2) is 48.3 Å². The number of carbonyl (C=O) groups excluding carboxylic acids is 2. The van der Waals surface area contributed by atoms with Gasteiger partial charge < -0.3 is 9.80 Å². The SMILES string of the molecule is Cc1cc(C(=O)N2CCN(C=O)CC2)ccc1F. The highest BCUT2D eigenvalue weighted by atomic mass is 19.1. The number of aryl methyl sites for hydroxylation is 1. The van der Waals surface area contributed by atoms with Gasteiger partial charge in [0, 0.05) is 31.7 Å². The Kier molecular flexibility index (Phi) is 3.60. The number of hydrogen-bond donors (Lipinski definition) is 0. The molecule has 1 aromatic rings. The van der Waals surface area contributed by atoms with Gasteiger partial charge in [-0.25, -0.2) is 4.39 Å². The van der Waals surface area contributed by atoms with Crippen LogP contribution in [0.5, 0.6) is 0 Å². The van der Waals surface area contributed by atoms with Gasteiger partial charge in [-0.15, -0.1) is 0 Å². The van der Waals surface area contributed by atoms with Crippen LogP contribution in [0.4, 0.5) is 4.39 Å². The number of piperazine rings is 1. The van der Waals surface area contributed by atoms with Crippen LogP contribution in [0.2, 0.25) is 0 Å². The minimum absolute atomic E-state index is 0.108. The number of rotatable bonds is 2. The standard InChI is InChI=1S/C13H15FN2O2/c1-10-8-11(2-3-12(10)14)13(18)16-6-4-15(9-17)5-7-16/h2-3,8-9H,4-7H2,1H3. The lowest BCUT2D eigenvalue weighted by Gasteiger charge is -2.32. The summed E-state index contributed by atoms with van der Waals surface area (Å²) in [7, 11) is 0. The Morgan fingerprint density at radius 1 is 1.28 bits per heavy atom. The molecule has 1 aromatic carbocycles. The smallest absolute Gasteiger partial charge is 0.253 e. The topological polar surface area (TPSA) is 40.6 Å². The minimum Gasteiger partial charge on any atom is -0.342 e. The largest absolute Gasteiger partial charge is 0.342 e. The summed E-state index contributed by atoms with van der Waals surface area (Å²) in [5, 5.41) is 0. The van der Waals surface area contributed by atoms with E-state index in [2.05, 4.69) is 0 Å². The molecule has 0 aliphatic carbocycles. The maximum atomic E-state index is 13.1. The number of benzene rings is 1. The number of halogens is 1. The predicted molar refractivity (Wildman–Crippen MR) is 64.7 cm³/mol. The van der Waals surface area contributed by atoms with Gasteiger partial charge in [-0.3, -0.25) is 9.59 Å². The van der Waals surface area contributed by atoms with Crippen LogP contribution in [0.3, 0.4) is 0 Å². The third-order valence-electron chi connectivity index (χ3n) is 3.16. The van der Waals surface area contributed by atoms with Gasteiger partial charge in [0.1, 0.15) is 5.82 Å². The van der Waals surface area contributed by atoms with Crippen molar-refractivity contribution in [3.63, 3.8) is 0 Å². The lowest BCUT2D eigenvalue weighted by atomic mass is 10.1. The molecule has 1 aliphatic heterocycles. The Hall–Kier alpha value is -1.91. The van der Waals surface area contributed by atoms with Crippen LogP contribution >= 0.6 is 0 Å². The predicted octanol–water partition coefficient (Wildman–Crippen LogP) is 1.05. The van der Waals surface area contributed by atoms with Crippen molar-refractivity contribution in [3.05, 3.63) is 35.1 Å². The van der Waals surface area contributed by atoms with Crippen LogP contribution in [0.15, 0.2) is 18.2 Å². The van der Waals surface area contributed by atoms with Crippen LogP contribution in [0, 0.1) is 12.7 Å². The molecule has 0 saturated carbocycles. The second-order valence-electron chi connectivity index (χ2n) is 4.40. The zero-order valence-electron chi connectivity index (χ0n) is 10.2. The van der Waals surface area contributed by atoms with Gasteiger partial charge in [0.05, 0.1) is 0 Å². The molecule has 2 rings (SSSR count). The minimum atomic E-state index is -0.308. The summed E-state index contributed by atoms with van der Waals surface area (Å²) in [6.45, 7) is 3.78. The van der Waals surface area contributed by atoms with E-state index >= 15 is 0 Å². The van der Waals surface area contributed by atoms with Gasteiger partial charge in [-0.1, -0.05) is 0 Å². The highest BCUT2D eigenvalue weighted by Gasteiger charge is 2.21. The number of carbonyl (C=O) groups is 2. The number of amides is 2. The van der Waals surface area contributed by atoms with Crippen molar-refractivity contribution >= 4 is 12.3 Å². The highest BCUT2D eigenvalue weighted by Crippen LogP contribution is 2.12. The fourth-order valence-corrected chi connectivity index (χ4v) is 1.99. The van der Waals surface area contributed by atoms with Crippen molar-refractivity contribution in [2.45, 2.75) is 6.92 Å². The van der Waals surface area contributed by atoms with Gasteiger partial charge in [-0.05, 0) is 30.7 Å². The first-order valence-corrected chi connectivity index (χ1v) is 5.86.